The molecule has 1 fully saturated rings. The minimum atomic E-state index is -0.163. The first-order valence-electron chi connectivity index (χ1n) is 9.80. The Morgan fingerprint density at radius 3 is 2.74 bits per heavy atom. The van der Waals surface area contributed by atoms with Gasteiger partial charge in [0, 0.05) is 25.7 Å². The molecule has 8 nitrogen and oxygen atoms in total. The first kappa shape index (κ1) is 17.9. The smallest absolute Gasteiger partial charge is 0.249 e. The standard InChI is InChI=1S/C19H27N7O/c1-3-15-18(27)24(2)16-10-21-19(25-11-13(8-9-20)22-12-25)23-17(16)26(15)14-6-4-5-7-14/h10-12,14-15H,3-9,20H2,1-2H3/t15-/m1/s1. The van der Waals surface area contributed by atoms with Gasteiger partial charge in [0.1, 0.15) is 18.1 Å². The van der Waals surface area contributed by atoms with Gasteiger partial charge in [0.25, 0.3) is 0 Å². The van der Waals surface area contributed by atoms with Crippen molar-refractivity contribution in [1.29, 1.82) is 0 Å². The Kier molecular flexibility index (Phi) is 4.82. The molecule has 1 aliphatic carbocycles. The maximum atomic E-state index is 12.9. The largest absolute Gasteiger partial charge is 0.340 e. The number of likely N-dealkylation sites (N-methyl/N-ethyl adjacent to an activating group) is 1. The van der Waals surface area contributed by atoms with Gasteiger partial charge in [-0.05, 0) is 25.8 Å². The van der Waals surface area contributed by atoms with Crippen LogP contribution in [-0.2, 0) is 11.2 Å². The fraction of sp³-hybridized carbons (Fsp3) is 0.579. The van der Waals surface area contributed by atoms with Gasteiger partial charge in [-0.2, -0.15) is 4.98 Å². The predicted molar refractivity (Wildman–Crippen MR) is 104 cm³/mol. The van der Waals surface area contributed by atoms with E-state index in [1.165, 1.54) is 12.8 Å². The Balaban J connectivity index is 1.78. The lowest BCUT2D eigenvalue weighted by Crippen LogP contribution is -2.55. The van der Waals surface area contributed by atoms with Crippen molar-refractivity contribution in [2.24, 2.45) is 5.73 Å². The molecule has 2 aromatic heterocycles. The Morgan fingerprint density at radius 1 is 1.26 bits per heavy atom. The van der Waals surface area contributed by atoms with Crippen molar-refractivity contribution in [3.8, 4) is 5.95 Å². The molecule has 0 aromatic carbocycles. The number of anilines is 2. The van der Waals surface area contributed by atoms with Gasteiger partial charge >= 0.3 is 0 Å². The number of amides is 1. The van der Waals surface area contributed by atoms with E-state index in [9.17, 15) is 4.79 Å². The van der Waals surface area contributed by atoms with Crippen LogP contribution in [0, 0.1) is 0 Å². The van der Waals surface area contributed by atoms with E-state index in [1.807, 2.05) is 17.8 Å². The Bertz CT molecular complexity index is 827. The Labute approximate surface area is 159 Å². The van der Waals surface area contributed by atoms with Crippen molar-refractivity contribution in [3.63, 3.8) is 0 Å². The van der Waals surface area contributed by atoms with Crippen LogP contribution in [0.1, 0.15) is 44.7 Å². The van der Waals surface area contributed by atoms with Crippen molar-refractivity contribution in [1.82, 2.24) is 19.5 Å². The molecular formula is C19H27N7O. The van der Waals surface area contributed by atoms with Crippen molar-refractivity contribution >= 4 is 17.4 Å². The fourth-order valence-corrected chi connectivity index (χ4v) is 4.25. The monoisotopic (exact) mass is 369 g/mol. The van der Waals surface area contributed by atoms with Gasteiger partial charge in [-0.3, -0.25) is 9.36 Å². The average molecular weight is 369 g/mol. The molecule has 144 valence electrons. The number of nitrogens with two attached hydrogens (primary N) is 1. The van der Waals surface area contributed by atoms with Gasteiger partial charge in [0.05, 0.1) is 11.9 Å². The summed E-state index contributed by atoms with van der Waals surface area (Å²) in [5.74, 6) is 1.56. The highest BCUT2D eigenvalue weighted by molar-refractivity contribution is 6.04. The van der Waals surface area contributed by atoms with Gasteiger partial charge in [-0.1, -0.05) is 19.8 Å². The lowest BCUT2D eigenvalue weighted by atomic mass is 10.0. The Morgan fingerprint density at radius 2 is 2.04 bits per heavy atom. The second-order valence-electron chi connectivity index (χ2n) is 7.36. The maximum Gasteiger partial charge on any atom is 0.249 e. The van der Waals surface area contributed by atoms with E-state index < -0.39 is 0 Å². The summed E-state index contributed by atoms with van der Waals surface area (Å²) in [5, 5.41) is 0. The van der Waals surface area contributed by atoms with Crippen molar-refractivity contribution in [2.45, 2.75) is 57.5 Å². The van der Waals surface area contributed by atoms with Crippen LogP contribution in [-0.4, -0.2) is 51.1 Å². The van der Waals surface area contributed by atoms with Crippen LogP contribution in [0.15, 0.2) is 18.7 Å². The molecule has 0 spiro atoms. The predicted octanol–water partition coefficient (Wildman–Crippen LogP) is 1.67. The number of hydrogen-bond donors (Lipinski definition) is 1. The normalized spacial score (nSPS) is 20.4. The number of carbonyl (C=O) groups excluding carboxylic acids is 1. The second kappa shape index (κ2) is 7.26. The molecule has 0 radical (unpaired) electrons. The molecular weight excluding hydrogens is 342 g/mol. The van der Waals surface area contributed by atoms with E-state index in [0.29, 0.717) is 18.5 Å². The molecule has 1 atom stereocenters. The van der Waals surface area contributed by atoms with E-state index in [1.54, 1.807) is 17.4 Å². The SMILES string of the molecule is CC[C@@H]1C(=O)N(C)c2cnc(-n3cnc(CCN)c3)nc2N1C1CCCC1. The van der Waals surface area contributed by atoms with Gasteiger partial charge in [-0.25, -0.2) is 9.97 Å². The zero-order valence-electron chi connectivity index (χ0n) is 16.0. The highest BCUT2D eigenvalue weighted by Gasteiger charge is 2.41. The van der Waals surface area contributed by atoms with Crippen LogP contribution >= 0.6 is 0 Å². The summed E-state index contributed by atoms with van der Waals surface area (Å²) >= 11 is 0. The molecule has 0 unspecified atom stereocenters. The highest BCUT2D eigenvalue weighted by atomic mass is 16.2. The van der Waals surface area contributed by atoms with Crippen molar-refractivity contribution < 1.29 is 4.79 Å². The lowest BCUT2D eigenvalue weighted by Gasteiger charge is -2.43. The summed E-state index contributed by atoms with van der Waals surface area (Å²) in [6, 6.07) is 0.202. The minimum absolute atomic E-state index is 0.126. The third-order valence-corrected chi connectivity index (χ3v) is 5.67. The topological polar surface area (TPSA) is 93.2 Å². The molecule has 2 N–H and O–H groups in total. The molecule has 4 rings (SSSR count). The van der Waals surface area contributed by atoms with E-state index in [4.69, 9.17) is 10.7 Å². The highest BCUT2D eigenvalue weighted by Crippen LogP contribution is 2.39. The number of imidazole rings is 1. The van der Waals surface area contributed by atoms with Crippen LogP contribution in [0.3, 0.4) is 0 Å². The number of aromatic nitrogens is 4. The number of hydrogen-bond acceptors (Lipinski definition) is 6. The first-order valence-corrected chi connectivity index (χ1v) is 9.80. The van der Waals surface area contributed by atoms with Gasteiger partial charge in [0.15, 0.2) is 5.82 Å². The molecule has 1 aliphatic heterocycles. The third kappa shape index (κ3) is 3.07. The van der Waals surface area contributed by atoms with Gasteiger partial charge in [-0.15, -0.1) is 0 Å². The number of fused-ring (bicyclic) bond motifs is 1. The molecule has 8 heteroatoms. The average Bonchev–Trinajstić information content (AvgIpc) is 3.36. The molecule has 1 saturated carbocycles. The van der Waals surface area contributed by atoms with Gasteiger partial charge < -0.3 is 15.5 Å². The van der Waals surface area contributed by atoms with Crippen LogP contribution in [0.25, 0.3) is 5.95 Å². The maximum absolute atomic E-state index is 12.9. The number of nitrogens with zero attached hydrogens (tertiary/aromatic N) is 6. The van der Waals surface area contributed by atoms with Crippen molar-refractivity contribution in [3.05, 3.63) is 24.4 Å². The number of carbonyl (C=O) groups is 1. The van der Waals surface area contributed by atoms with E-state index in [0.717, 1.165) is 42.9 Å². The zero-order valence-corrected chi connectivity index (χ0v) is 16.0. The number of rotatable bonds is 5. The zero-order chi connectivity index (χ0) is 19.0. The van der Waals surface area contributed by atoms with Crippen LogP contribution in [0.4, 0.5) is 11.5 Å². The molecule has 27 heavy (non-hydrogen) atoms. The molecule has 1 amide bonds. The quantitative estimate of drug-likeness (QED) is 0.862. The first-order chi connectivity index (χ1) is 13.1. The van der Waals surface area contributed by atoms with Crippen LogP contribution < -0.4 is 15.5 Å². The molecule has 0 bridgehead atoms. The van der Waals surface area contributed by atoms with Crippen LogP contribution in [0.2, 0.25) is 0 Å². The van der Waals surface area contributed by atoms with Crippen molar-refractivity contribution in [2.75, 3.05) is 23.4 Å². The summed E-state index contributed by atoms with van der Waals surface area (Å²) in [6.45, 7) is 2.63. The molecule has 0 saturated heterocycles. The third-order valence-electron chi connectivity index (χ3n) is 5.67. The lowest BCUT2D eigenvalue weighted by molar-refractivity contribution is -0.120. The summed E-state index contributed by atoms with van der Waals surface area (Å²) in [4.78, 5) is 30.6. The summed E-state index contributed by atoms with van der Waals surface area (Å²) in [6.07, 6.45) is 11.5. The van der Waals surface area contributed by atoms with E-state index in [-0.39, 0.29) is 11.9 Å². The molecule has 3 heterocycles. The fourth-order valence-electron chi connectivity index (χ4n) is 4.25. The van der Waals surface area contributed by atoms with Gasteiger partial charge in [0.2, 0.25) is 11.9 Å². The molecule has 2 aromatic rings. The van der Waals surface area contributed by atoms with E-state index >= 15 is 0 Å². The Hall–Kier alpha value is -2.48. The summed E-state index contributed by atoms with van der Waals surface area (Å²) < 4.78 is 1.83. The summed E-state index contributed by atoms with van der Waals surface area (Å²) in [7, 11) is 1.81. The van der Waals surface area contributed by atoms with E-state index in [2.05, 4.69) is 21.8 Å². The minimum Gasteiger partial charge on any atom is -0.340 e. The molecule has 2 aliphatic rings. The summed E-state index contributed by atoms with van der Waals surface area (Å²) in [5.41, 5.74) is 7.32. The van der Waals surface area contributed by atoms with Crippen LogP contribution in [0.5, 0.6) is 0 Å². The second-order valence-corrected chi connectivity index (χ2v) is 7.36.